The summed E-state index contributed by atoms with van der Waals surface area (Å²) in [4.78, 5) is 0. The first kappa shape index (κ1) is 13.3. The number of aliphatic hydroxyl groups excluding tert-OH is 1. The molecule has 0 spiro atoms. The number of aromatic nitrogens is 1. The van der Waals surface area contributed by atoms with Gasteiger partial charge in [0.05, 0.1) is 12.6 Å². The molecule has 0 bridgehead atoms. The highest BCUT2D eigenvalue weighted by atomic mass is 19.1. The van der Waals surface area contributed by atoms with Gasteiger partial charge in [-0.15, -0.1) is 0 Å². The second kappa shape index (κ2) is 5.37. The molecule has 1 unspecified atom stereocenters. The zero-order valence-electron chi connectivity index (χ0n) is 11.1. The predicted molar refractivity (Wildman–Crippen MR) is 72.4 cm³/mol. The van der Waals surface area contributed by atoms with E-state index in [4.69, 9.17) is 0 Å². The largest absolute Gasteiger partial charge is 0.388 e. The predicted octanol–water partition coefficient (Wildman–Crippen LogP) is 3.57. The average Bonchev–Trinajstić information content (AvgIpc) is 2.74. The fraction of sp³-hybridized carbons (Fsp3) is 0.375. The molecule has 0 radical (unpaired) electrons. The van der Waals surface area contributed by atoms with E-state index < -0.39 is 17.7 Å². The highest BCUT2D eigenvalue weighted by molar-refractivity contribution is 5.29. The molecule has 2 aromatic rings. The molecule has 1 aromatic carbocycles. The van der Waals surface area contributed by atoms with Crippen molar-refractivity contribution in [1.82, 2.24) is 4.57 Å². The molecular formula is C16H17F2NO. The Balaban J connectivity index is 1.88. The Morgan fingerprint density at radius 3 is 2.90 bits per heavy atom. The van der Waals surface area contributed by atoms with Crippen LogP contribution in [0.2, 0.25) is 0 Å². The Labute approximate surface area is 116 Å². The zero-order chi connectivity index (χ0) is 14.1. The summed E-state index contributed by atoms with van der Waals surface area (Å²) in [6, 6.07) is 3.48. The van der Waals surface area contributed by atoms with Crippen molar-refractivity contribution in [3.05, 3.63) is 58.9 Å². The number of nitrogens with zero attached hydrogens (tertiary/aromatic N) is 1. The van der Waals surface area contributed by atoms with Gasteiger partial charge in [-0.05, 0) is 43.0 Å². The minimum atomic E-state index is -0.439. The number of halogens is 2. The lowest BCUT2D eigenvalue weighted by atomic mass is 10.1. The van der Waals surface area contributed by atoms with Gasteiger partial charge in [0.2, 0.25) is 0 Å². The molecule has 106 valence electrons. The van der Waals surface area contributed by atoms with E-state index >= 15 is 0 Å². The van der Waals surface area contributed by atoms with Gasteiger partial charge in [0.25, 0.3) is 0 Å². The van der Waals surface area contributed by atoms with E-state index in [-0.39, 0.29) is 6.54 Å². The molecular weight excluding hydrogens is 260 g/mol. The minimum Gasteiger partial charge on any atom is -0.388 e. The molecule has 1 atom stereocenters. The molecule has 1 heterocycles. The molecule has 1 aliphatic rings. The first-order chi connectivity index (χ1) is 9.63. The summed E-state index contributed by atoms with van der Waals surface area (Å²) < 4.78 is 28.7. The first-order valence-electron chi connectivity index (χ1n) is 6.94. The standard InChI is InChI=1S/C16H17F2NO/c17-13-5-6-15(18)12(7-13)9-19-8-11-3-1-2-4-16(20)14(11)10-19/h5-8,10,16,20H,1-4,9H2. The van der Waals surface area contributed by atoms with Crippen LogP contribution >= 0.6 is 0 Å². The van der Waals surface area contributed by atoms with Crippen LogP contribution in [-0.4, -0.2) is 9.67 Å². The van der Waals surface area contributed by atoms with E-state index in [1.54, 1.807) is 0 Å². The van der Waals surface area contributed by atoms with Gasteiger partial charge < -0.3 is 9.67 Å². The van der Waals surface area contributed by atoms with Crippen LogP contribution in [-0.2, 0) is 13.0 Å². The van der Waals surface area contributed by atoms with E-state index in [0.717, 1.165) is 48.9 Å². The highest BCUT2D eigenvalue weighted by Gasteiger charge is 2.18. The van der Waals surface area contributed by atoms with Gasteiger partial charge >= 0.3 is 0 Å². The summed E-state index contributed by atoms with van der Waals surface area (Å²) in [6.07, 6.45) is 7.14. The monoisotopic (exact) mass is 277 g/mol. The molecule has 0 fully saturated rings. The Kier molecular flexibility index (Phi) is 3.57. The van der Waals surface area contributed by atoms with E-state index in [0.29, 0.717) is 5.56 Å². The van der Waals surface area contributed by atoms with E-state index in [1.165, 1.54) is 6.07 Å². The summed E-state index contributed by atoms with van der Waals surface area (Å²) in [5.74, 6) is -0.842. The number of aryl methyl sites for hydroxylation is 1. The van der Waals surface area contributed by atoms with E-state index in [2.05, 4.69) is 0 Å². The lowest BCUT2D eigenvalue weighted by molar-refractivity contribution is 0.166. The van der Waals surface area contributed by atoms with Crippen LogP contribution in [0.1, 0.15) is 42.1 Å². The molecule has 2 nitrogen and oxygen atoms in total. The Bertz CT molecular complexity index is 621. The van der Waals surface area contributed by atoms with Crippen LogP contribution in [0.3, 0.4) is 0 Å². The van der Waals surface area contributed by atoms with Gasteiger partial charge in [-0.25, -0.2) is 8.78 Å². The van der Waals surface area contributed by atoms with Crippen LogP contribution in [0.15, 0.2) is 30.6 Å². The smallest absolute Gasteiger partial charge is 0.128 e. The van der Waals surface area contributed by atoms with E-state index in [9.17, 15) is 13.9 Å². The van der Waals surface area contributed by atoms with Crippen LogP contribution < -0.4 is 0 Å². The summed E-state index contributed by atoms with van der Waals surface area (Å²) in [6.45, 7) is 0.281. The summed E-state index contributed by atoms with van der Waals surface area (Å²) in [5.41, 5.74) is 2.37. The van der Waals surface area contributed by atoms with Crippen LogP contribution in [0.5, 0.6) is 0 Å². The van der Waals surface area contributed by atoms with E-state index in [1.807, 2.05) is 17.0 Å². The summed E-state index contributed by atoms with van der Waals surface area (Å²) >= 11 is 0. The third-order valence-electron chi connectivity index (χ3n) is 3.89. The van der Waals surface area contributed by atoms with Crippen LogP contribution in [0.25, 0.3) is 0 Å². The number of fused-ring (bicyclic) bond motifs is 1. The van der Waals surface area contributed by atoms with Crippen molar-refractivity contribution in [1.29, 1.82) is 0 Å². The molecule has 3 rings (SSSR count). The van der Waals surface area contributed by atoms with Gasteiger partial charge in [0.1, 0.15) is 11.6 Å². The fourth-order valence-corrected chi connectivity index (χ4v) is 2.84. The van der Waals surface area contributed by atoms with Crippen molar-refractivity contribution in [3.63, 3.8) is 0 Å². The maximum atomic E-state index is 13.7. The molecule has 4 heteroatoms. The third kappa shape index (κ3) is 2.61. The second-order valence-corrected chi connectivity index (χ2v) is 5.41. The first-order valence-corrected chi connectivity index (χ1v) is 6.94. The molecule has 1 aliphatic carbocycles. The molecule has 1 aromatic heterocycles. The number of benzene rings is 1. The molecule has 1 N–H and O–H groups in total. The molecule has 0 aliphatic heterocycles. The normalized spacial score (nSPS) is 18.6. The van der Waals surface area contributed by atoms with Crippen LogP contribution in [0, 0.1) is 11.6 Å². The Morgan fingerprint density at radius 2 is 2.05 bits per heavy atom. The van der Waals surface area contributed by atoms with Crippen molar-refractivity contribution >= 4 is 0 Å². The topological polar surface area (TPSA) is 25.2 Å². The number of rotatable bonds is 2. The maximum absolute atomic E-state index is 13.7. The molecule has 20 heavy (non-hydrogen) atoms. The minimum absolute atomic E-state index is 0.281. The average molecular weight is 277 g/mol. The number of aliphatic hydroxyl groups is 1. The van der Waals surface area contributed by atoms with Gasteiger partial charge in [-0.2, -0.15) is 0 Å². The van der Waals surface area contributed by atoms with Gasteiger partial charge in [-0.1, -0.05) is 6.42 Å². The number of hydrogen-bond donors (Lipinski definition) is 1. The quantitative estimate of drug-likeness (QED) is 0.834. The second-order valence-electron chi connectivity index (χ2n) is 5.41. The third-order valence-corrected chi connectivity index (χ3v) is 3.89. The highest BCUT2D eigenvalue weighted by Crippen LogP contribution is 2.29. The van der Waals surface area contributed by atoms with Gasteiger partial charge in [0, 0.05) is 23.5 Å². The molecule has 0 saturated heterocycles. The molecule has 0 amide bonds. The van der Waals surface area contributed by atoms with Crippen molar-refractivity contribution in [2.45, 2.75) is 38.3 Å². The maximum Gasteiger partial charge on any atom is 0.128 e. The Morgan fingerprint density at radius 1 is 1.20 bits per heavy atom. The lowest BCUT2D eigenvalue weighted by Crippen LogP contribution is -2.01. The van der Waals surface area contributed by atoms with Crippen molar-refractivity contribution in [2.24, 2.45) is 0 Å². The van der Waals surface area contributed by atoms with Crippen molar-refractivity contribution in [2.75, 3.05) is 0 Å². The van der Waals surface area contributed by atoms with Gasteiger partial charge in [-0.3, -0.25) is 0 Å². The van der Waals surface area contributed by atoms with Crippen LogP contribution in [0.4, 0.5) is 8.78 Å². The lowest BCUT2D eigenvalue weighted by Gasteiger charge is -2.07. The molecule has 0 saturated carbocycles. The number of hydrogen-bond acceptors (Lipinski definition) is 1. The fourth-order valence-electron chi connectivity index (χ4n) is 2.84. The van der Waals surface area contributed by atoms with Gasteiger partial charge in [0.15, 0.2) is 0 Å². The zero-order valence-corrected chi connectivity index (χ0v) is 11.1. The Hall–Kier alpha value is -1.68. The SMILES string of the molecule is OC1CCCCc2cn(Cc3cc(F)ccc3F)cc21. The summed E-state index contributed by atoms with van der Waals surface area (Å²) in [7, 11) is 0. The van der Waals surface area contributed by atoms with Crippen molar-refractivity contribution in [3.8, 4) is 0 Å². The summed E-state index contributed by atoms with van der Waals surface area (Å²) in [5, 5.41) is 10.1. The van der Waals surface area contributed by atoms with Crippen molar-refractivity contribution < 1.29 is 13.9 Å².